The molecule has 2 heterocycles. The van der Waals surface area contributed by atoms with Crippen molar-refractivity contribution in [2.75, 3.05) is 13.6 Å². The third-order valence-corrected chi connectivity index (χ3v) is 3.17. The molecule has 0 amide bonds. The number of fused-ring (bicyclic) bond motifs is 2. The summed E-state index contributed by atoms with van der Waals surface area (Å²) in [4.78, 5) is 4.41. The Morgan fingerprint density at radius 2 is 2.29 bits per heavy atom. The van der Waals surface area contributed by atoms with Gasteiger partial charge in [-0.15, -0.1) is 0 Å². The van der Waals surface area contributed by atoms with Gasteiger partial charge in [0, 0.05) is 19.3 Å². The molecular formula is C11H17N3. The number of likely N-dealkylation sites (N-methyl/N-ethyl adjacent to an activating group) is 1. The zero-order valence-corrected chi connectivity index (χ0v) is 8.83. The van der Waals surface area contributed by atoms with Crippen LogP contribution in [0.15, 0.2) is 36.3 Å². The molecule has 2 aliphatic heterocycles. The second-order valence-electron chi connectivity index (χ2n) is 4.13. The molecule has 2 bridgehead atoms. The van der Waals surface area contributed by atoms with Crippen LogP contribution in [0.4, 0.5) is 0 Å². The highest BCUT2D eigenvalue weighted by Crippen LogP contribution is 2.33. The van der Waals surface area contributed by atoms with Crippen LogP contribution in [-0.2, 0) is 0 Å². The highest BCUT2D eigenvalue weighted by Gasteiger charge is 2.38. The molecule has 0 radical (unpaired) electrons. The van der Waals surface area contributed by atoms with Crippen LogP contribution in [0, 0.1) is 0 Å². The van der Waals surface area contributed by atoms with E-state index in [1.54, 1.807) is 0 Å². The molecule has 2 rings (SSSR count). The summed E-state index contributed by atoms with van der Waals surface area (Å²) in [6.45, 7) is 11.0. The van der Waals surface area contributed by atoms with Gasteiger partial charge in [-0.05, 0) is 12.5 Å². The first kappa shape index (κ1) is 9.19. The fraction of sp³-hybridized carbons (Fsp3) is 0.455. The quantitative estimate of drug-likeness (QED) is 0.624. The Labute approximate surface area is 85.2 Å². The Bertz CT molecular complexity index is 329. The molecule has 76 valence electrons. The number of nitrogens with zero attached hydrogens (tertiary/aromatic N) is 2. The monoisotopic (exact) mass is 191 g/mol. The standard InChI is InChI=1S/C11H17N3/c1-7-5-10-6-14(9(3)13(10)4)11(7)8(2)12/h5,10-11H,2-3,6,12H2,1,4H3/t10?,11-/m0/s1. The van der Waals surface area contributed by atoms with Gasteiger partial charge in [-0.1, -0.05) is 19.2 Å². The third-order valence-electron chi connectivity index (χ3n) is 3.17. The van der Waals surface area contributed by atoms with Gasteiger partial charge in [0.25, 0.3) is 0 Å². The van der Waals surface area contributed by atoms with Gasteiger partial charge in [0.05, 0.1) is 17.9 Å². The average molecular weight is 191 g/mol. The van der Waals surface area contributed by atoms with Crippen LogP contribution >= 0.6 is 0 Å². The first-order valence-corrected chi connectivity index (χ1v) is 4.83. The van der Waals surface area contributed by atoms with E-state index in [4.69, 9.17) is 5.73 Å². The Kier molecular flexibility index (Phi) is 1.84. The lowest BCUT2D eigenvalue weighted by atomic mass is 9.99. The van der Waals surface area contributed by atoms with Gasteiger partial charge in [0.1, 0.15) is 0 Å². The van der Waals surface area contributed by atoms with Crippen LogP contribution in [0.1, 0.15) is 6.92 Å². The van der Waals surface area contributed by atoms with Gasteiger partial charge in [-0.2, -0.15) is 0 Å². The zero-order chi connectivity index (χ0) is 10.5. The summed E-state index contributed by atoms with van der Waals surface area (Å²) in [6.07, 6.45) is 2.26. The number of nitrogens with two attached hydrogens (primary N) is 1. The van der Waals surface area contributed by atoms with Crippen molar-refractivity contribution in [3.8, 4) is 0 Å². The maximum Gasteiger partial charge on any atom is 0.0977 e. The summed E-state index contributed by atoms with van der Waals surface area (Å²) in [5.41, 5.74) is 7.79. The smallest absolute Gasteiger partial charge is 0.0977 e. The van der Waals surface area contributed by atoms with E-state index in [9.17, 15) is 0 Å². The largest absolute Gasteiger partial charge is 0.401 e. The van der Waals surface area contributed by atoms with Gasteiger partial charge in [0.2, 0.25) is 0 Å². The topological polar surface area (TPSA) is 32.5 Å². The van der Waals surface area contributed by atoms with Crippen molar-refractivity contribution in [1.29, 1.82) is 0 Å². The van der Waals surface area contributed by atoms with Crippen LogP contribution < -0.4 is 5.73 Å². The molecular weight excluding hydrogens is 174 g/mol. The van der Waals surface area contributed by atoms with Crippen molar-refractivity contribution in [3.63, 3.8) is 0 Å². The van der Waals surface area contributed by atoms with E-state index < -0.39 is 0 Å². The van der Waals surface area contributed by atoms with E-state index in [-0.39, 0.29) is 6.04 Å². The van der Waals surface area contributed by atoms with Gasteiger partial charge < -0.3 is 15.5 Å². The maximum atomic E-state index is 5.81. The molecule has 0 aromatic carbocycles. The molecule has 1 saturated heterocycles. The lowest BCUT2D eigenvalue weighted by Gasteiger charge is -2.32. The van der Waals surface area contributed by atoms with Crippen molar-refractivity contribution in [1.82, 2.24) is 9.80 Å². The molecule has 14 heavy (non-hydrogen) atoms. The molecule has 0 spiro atoms. The van der Waals surface area contributed by atoms with Crippen molar-refractivity contribution in [2.24, 2.45) is 5.73 Å². The number of rotatable bonds is 1. The highest BCUT2D eigenvalue weighted by atomic mass is 15.4. The van der Waals surface area contributed by atoms with Gasteiger partial charge in [-0.3, -0.25) is 0 Å². The lowest BCUT2D eigenvalue weighted by Crippen LogP contribution is -2.40. The Morgan fingerprint density at radius 1 is 1.64 bits per heavy atom. The minimum Gasteiger partial charge on any atom is -0.401 e. The fourth-order valence-corrected chi connectivity index (χ4v) is 2.38. The van der Waals surface area contributed by atoms with Gasteiger partial charge >= 0.3 is 0 Å². The minimum absolute atomic E-state index is 0.142. The predicted molar refractivity (Wildman–Crippen MR) is 58.3 cm³/mol. The first-order valence-electron chi connectivity index (χ1n) is 4.83. The van der Waals surface area contributed by atoms with E-state index in [1.165, 1.54) is 5.57 Å². The molecule has 0 aromatic heterocycles. The van der Waals surface area contributed by atoms with Crippen LogP contribution in [0.3, 0.4) is 0 Å². The lowest BCUT2D eigenvalue weighted by molar-refractivity contribution is 0.331. The SMILES string of the molecule is C=C(N)[C@@H]1C(C)=CC2CN1C(=C)N2C. The molecule has 1 fully saturated rings. The van der Waals surface area contributed by atoms with E-state index in [0.29, 0.717) is 11.7 Å². The summed E-state index contributed by atoms with van der Waals surface area (Å²) in [5.74, 6) is 1.04. The van der Waals surface area contributed by atoms with E-state index in [1.807, 2.05) is 0 Å². The predicted octanol–water partition coefficient (Wildman–Crippen LogP) is 0.875. The summed E-state index contributed by atoms with van der Waals surface area (Å²) < 4.78 is 0. The van der Waals surface area contributed by atoms with Crippen LogP contribution in [0.5, 0.6) is 0 Å². The minimum atomic E-state index is 0.142. The van der Waals surface area contributed by atoms with E-state index >= 15 is 0 Å². The summed E-state index contributed by atoms with van der Waals surface area (Å²) in [5, 5.41) is 0. The Hall–Kier alpha value is -1.38. The molecule has 0 aliphatic carbocycles. The van der Waals surface area contributed by atoms with Crippen LogP contribution in [0.25, 0.3) is 0 Å². The molecule has 1 unspecified atom stereocenters. The summed E-state index contributed by atoms with van der Waals surface area (Å²) in [6, 6.07) is 0.599. The van der Waals surface area contributed by atoms with Crippen molar-refractivity contribution >= 4 is 0 Å². The van der Waals surface area contributed by atoms with E-state index in [2.05, 4.69) is 43.0 Å². The third kappa shape index (κ3) is 1.05. The summed E-state index contributed by atoms with van der Waals surface area (Å²) in [7, 11) is 2.07. The van der Waals surface area contributed by atoms with Crippen molar-refractivity contribution < 1.29 is 0 Å². The van der Waals surface area contributed by atoms with Crippen molar-refractivity contribution in [3.05, 3.63) is 36.3 Å². The number of hydrogen-bond donors (Lipinski definition) is 1. The van der Waals surface area contributed by atoms with Gasteiger partial charge in [-0.25, -0.2) is 0 Å². The molecule has 2 aliphatic rings. The molecule has 3 nitrogen and oxygen atoms in total. The molecule has 2 N–H and O–H groups in total. The molecule has 3 heteroatoms. The van der Waals surface area contributed by atoms with Crippen LogP contribution in [0.2, 0.25) is 0 Å². The second kappa shape index (κ2) is 2.80. The first-order chi connectivity index (χ1) is 6.52. The molecule has 0 aromatic rings. The fourth-order valence-electron chi connectivity index (χ4n) is 2.38. The number of hydrogen-bond acceptors (Lipinski definition) is 3. The average Bonchev–Trinajstić information content (AvgIpc) is 2.31. The second-order valence-corrected chi connectivity index (χ2v) is 4.13. The van der Waals surface area contributed by atoms with E-state index in [0.717, 1.165) is 12.4 Å². The molecule has 2 atom stereocenters. The maximum absolute atomic E-state index is 5.81. The Morgan fingerprint density at radius 3 is 2.86 bits per heavy atom. The molecule has 0 saturated carbocycles. The zero-order valence-electron chi connectivity index (χ0n) is 8.83. The highest BCUT2D eigenvalue weighted by molar-refractivity contribution is 5.32. The van der Waals surface area contributed by atoms with Crippen LogP contribution in [-0.4, -0.2) is 35.5 Å². The normalized spacial score (nSPS) is 30.7. The summed E-state index contributed by atoms with van der Waals surface area (Å²) >= 11 is 0. The Balaban J connectivity index is 2.39. The van der Waals surface area contributed by atoms with Crippen molar-refractivity contribution in [2.45, 2.75) is 19.0 Å². The van der Waals surface area contributed by atoms with Gasteiger partial charge in [0.15, 0.2) is 0 Å².